The molecular weight excluding hydrogens is 274 g/mol. The summed E-state index contributed by atoms with van der Waals surface area (Å²) in [6, 6.07) is 9.95. The molecule has 2 rings (SSSR count). The molecule has 1 aromatic carbocycles. The van der Waals surface area contributed by atoms with Crippen molar-refractivity contribution in [2.24, 2.45) is 0 Å². The van der Waals surface area contributed by atoms with E-state index in [2.05, 4.69) is 4.98 Å². The summed E-state index contributed by atoms with van der Waals surface area (Å²) in [7, 11) is -3.60. The molecule has 6 heteroatoms. The van der Waals surface area contributed by atoms with Crippen molar-refractivity contribution in [3.05, 3.63) is 48.8 Å². The fraction of sp³-hybridized carbons (Fsp3) is 0.214. The zero-order valence-corrected chi connectivity index (χ0v) is 12.0. The normalized spacial score (nSPS) is 11.2. The lowest BCUT2D eigenvalue weighted by atomic mass is 10.3. The highest BCUT2D eigenvalue weighted by Gasteiger charge is 2.24. The Bertz CT molecular complexity index is 655. The zero-order chi connectivity index (χ0) is 14.6. The number of nitrogens with zero attached hydrogens (tertiary/aromatic N) is 2. The maximum Gasteiger partial charge on any atom is 0.265 e. The van der Waals surface area contributed by atoms with Gasteiger partial charge in [0, 0.05) is 24.6 Å². The van der Waals surface area contributed by atoms with Gasteiger partial charge in [0.15, 0.2) is 0 Å². The van der Waals surface area contributed by atoms with Crippen molar-refractivity contribution in [1.82, 2.24) is 4.98 Å². The lowest BCUT2D eigenvalue weighted by molar-refractivity contribution is 0.589. The molecule has 0 saturated carbocycles. The molecule has 2 aromatic rings. The SMILES string of the molecule is CCCN(c1ccc(N)cc1)S(=O)(=O)c1cccnc1. The summed E-state index contributed by atoms with van der Waals surface area (Å²) in [6.07, 6.45) is 3.62. The number of rotatable bonds is 5. The monoisotopic (exact) mass is 291 g/mol. The Labute approximate surface area is 119 Å². The van der Waals surface area contributed by atoms with Gasteiger partial charge < -0.3 is 5.73 Å². The quantitative estimate of drug-likeness (QED) is 0.857. The van der Waals surface area contributed by atoms with Crippen LogP contribution in [-0.2, 0) is 10.0 Å². The minimum absolute atomic E-state index is 0.185. The molecular formula is C14H17N3O2S. The van der Waals surface area contributed by atoms with E-state index in [0.717, 1.165) is 0 Å². The van der Waals surface area contributed by atoms with E-state index < -0.39 is 10.0 Å². The molecule has 0 saturated heterocycles. The Kier molecular flexibility index (Phi) is 4.24. The van der Waals surface area contributed by atoms with Crippen LogP contribution in [0.25, 0.3) is 0 Å². The van der Waals surface area contributed by atoms with Crippen LogP contribution in [0.3, 0.4) is 0 Å². The zero-order valence-electron chi connectivity index (χ0n) is 11.2. The van der Waals surface area contributed by atoms with Gasteiger partial charge in [0.05, 0.1) is 5.69 Å². The van der Waals surface area contributed by atoms with Crippen molar-refractivity contribution in [2.45, 2.75) is 18.2 Å². The van der Waals surface area contributed by atoms with Crippen LogP contribution in [0.4, 0.5) is 11.4 Å². The second-order valence-corrected chi connectivity index (χ2v) is 6.22. The molecule has 0 unspecified atom stereocenters. The van der Waals surface area contributed by atoms with E-state index >= 15 is 0 Å². The van der Waals surface area contributed by atoms with Gasteiger partial charge in [0.25, 0.3) is 10.0 Å². The topological polar surface area (TPSA) is 76.3 Å². The van der Waals surface area contributed by atoms with Crippen molar-refractivity contribution in [1.29, 1.82) is 0 Å². The lowest BCUT2D eigenvalue weighted by Crippen LogP contribution is -2.31. The highest BCUT2D eigenvalue weighted by Crippen LogP contribution is 2.24. The number of nitrogens with two attached hydrogens (primary N) is 1. The van der Waals surface area contributed by atoms with Gasteiger partial charge in [-0.2, -0.15) is 0 Å². The molecule has 0 aliphatic rings. The van der Waals surface area contributed by atoms with Crippen LogP contribution in [0.1, 0.15) is 13.3 Å². The van der Waals surface area contributed by atoms with Crippen LogP contribution in [0.15, 0.2) is 53.7 Å². The lowest BCUT2D eigenvalue weighted by Gasteiger charge is -2.24. The third-order valence-electron chi connectivity index (χ3n) is 2.83. The van der Waals surface area contributed by atoms with Crippen molar-refractivity contribution < 1.29 is 8.42 Å². The number of sulfonamides is 1. The van der Waals surface area contributed by atoms with Crippen LogP contribution < -0.4 is 10.0 Å². The highest BCUT2D eigenvalue weighted by molar-refractivity contribution is 7.92. The predicted octanol–water partition coefficient (Wildman–Crippen LogP) is 2.27. The fourth-order valence-electron chi connectivity index (χ4n) is 1.86. The first-order chi connectivity index (χ1) is 9.55. The standard InChI is InChI=1S/C14H17N3O2S/c1-2-10-17(13-7-5-12(15)6-8-13)20(18,19)14-4-3-9-16-11-14/h3-9,11H,2,10,15H2,1H3. The Morgan fingerprint density at radius 2 is 1.90 bits per heavy atom. The van der Waals surface area contributed by atoms with Gasteiger partial charge in [-0.3, -0.25) is 9.29 Å². The van der Waals surface area contributed by atoms with E-state index in [1.54, 1.807) is 42.6 Å². The number of hydrogen-bond acceptors (Lipinski definition) is 4. The molecule has 1 aromatic heterocycles. The van der Waals surface area contributed by atoms with Crippen LogP contribution >= 0.6 is 0 Å². The minimum Gasteiger partial charge on any atom is -0.399 e. The summed E-state index contributed by atoms with van der Waals surface area (Å²) in [6.45, 7) is 2.34. The Morgan fingerprint density at radius 3 is 2.45 bits per heavy atom. The third kappa shape index (κ3) is 2.91. The molecule has 0 radical (unpaired) electrons. The maximum absolute atomic E-state index is 12.7. The van der Waals surface area contributed by atoms with E-state index in [9.17, 15) is 8.42 Å². The summed E-state index contributed by atoms with van der Waals surface area (Å²) in [5.74, 6) is 0. The number of aromatic nitrogens is 1. The van der Waals surface area contributed by atoms with Crippen LogP contribution in [0.2, 0.25) is 0 Å². The average molecular weight is 291 g/mol. The van der Waals surface area contributed by atoms with Gasteiger partial charge >= 0.3 is 0 Å². The maximum atomic E-state index is 12.7. The predicted molar refractivity (Wildman–Crippen MR) is 79.9 cm³/mol. The first kappa shape index (κ1) is 14.3. The molecule has 2 N–H and O–H groups in total. The molecule has 5 nitrogen and oxygen atoms in total. The molecule has 0 aliphatic carbocycles. The van der Waals surface area contributed by atoms with Crippen LogP contribution in [-0.4, -0.2) is 19.9 Å². The minimum atomic E-state index is -3.60. The summed E-state index contributed by atoms with van der Waals surface area (Å²) < 4.78 is 26.7. The summed E-state index contributed by atoms with van der Waals surface area (Å²) in [5, 5.41) is 0. The summed E-state index contributed by atoms with van der Waals surface area (Å²) >= 11 is 0. The number of benzene rings is 1. The number of anilines is 2. The van der Waals surface area contributed by atoms with Crippen LogP contribution in [0, 0.1) is 0 Å². The van der Waals surface area contributed by atoms with Crippen molar-refractivity contribution >= 4 is 21.4 Å². The second kappa shape index (κ2) is 5.92. The van der Waals surface area contributed by atoms with Gasteiger partial charge in [-0.15, -0.1) is 0 Å². The molecule has 1 heterocycles. The average Bonchev–Trinajstić information content (AvgIpc) is 2.47. The third-order valence-corrected chi connectivity index (χ3v) is 4.64. The first-order valence-electron chi connectivity index (χ1n) is 6.34. The van der Waals surface area contributed by atoms with E-state index in [4.69, 9.17) is 5.73 Å². The van der Waals surface area contributed by atoms with Gasteiger partial charge in [-0.25, -0.2) is 8.42 Å². The number of hydrogen-bond donors (Lipinski definition) is 1. The van der Waals surface area contributed by atoms with Gasteiger partial charge in [-0.1, -0.05) is 6.92 Å². The smallest absolute Gasteiger partial charge is 0.265 e. The highest BCUT2D eigenvalue weighted by atomic mass is 32.2. The van der Waals surface area contributed by atoms with E-state index in [1.807, 2.05) is 6.92 Å². The molecule has 0 amide bonds. The van der Waals surface area contributed by atoms with E-state index in [-0.39, 0.29) is 4.90 Å². The molecule has 106 valence electrons. The largest absolute Gasteiger partial charge is 0.399 e. The Balaban J connectivity index is 2.45. The van der Waals surface area contributed by atoms with Gasteiger partial charge in [-0.05, 0) is 42.8 Å². The molecule has 0 fully saturated rings. The van der Waals surface area contributed by atoms with Crippen molar-refractivity contribution in [3.63, 3.8) is 0 Å². The summed E-state index contributed by atoms with van der Waals surface area (Å²) in [4.78, 5) is 4.06. The van der Waals surface area contributed by atoms with E-state index in [1.165, 1.54) is 10.5 Å². The van der Waals surface area contributed by atoms with Crippen molar-refractivity contribution in [2.75, 3.05) is 16.6 Å². The molecule has 0 aliphatic heterocycles. The Hall–Kier alpha value is -2.08. The van der Waals surface area contributed by atoms with Crippen LogP contribution in [0.5, 0.6) is 0 Å². The molecule has 0 spiro atoms. The number of nitrogen functional groups attached to an aromatic ring is 1. The van der Waals surface area contributed by atoms with Gasteiger partial charge in [0.2, 0.25) is 0 Å². The molecule has 0 bridgehead atoms. The van der Waals surface area contributed by atoms with Crippen molar-refractivity contribution in [3.8, 4) is 0 Å². The Morgan fingerprint density at radius 1 is 1.20 bits per heavy atom. The second-order valence-electron chi connectivity index (χ2n) is 4.36. The first-order valence-corrected chi connectivity index (χ1v) is 7.78. The molecule has 0 atom stereocenters. The molecule has 20 heavy (non-hydrogen) atoms. The van der Waals surface area contributed by atoms with E-state index in [0.29, 0.717) is 24.3 Å². The van der Waals surface area contributed by atoms with Gasteiger partial charge in [0.1, 0.15) is 4.90 Å². The summed E-state index contributed by atoms with van der Waals surface area (Å²) in [5.41, 5.74) is 6.85. The fourth-order valence-corrected chi connectivity index (χ4v) is 3.38. The number of pyridine rings is 1.